The molecule has 0 aromatic heterocycles. The highest BCUT2D eigenvalue weighted by Crippen LogP contribution is 2.22. The predicted molar refractivity (Wildman–Crippen MR) is 71.9 cm³/mol. The summed E-state index contributed by atoms with van der Waals surface area (Å²) in [5.74, 6) is 0. The number of likely N-dealkylation sites (tertiary alicyclic amines) is 1. The van der Waals surface area contributed by atoms with Crippen molar-refractivity contribution in [2.45, 2.75) is 77.9 Å². The normalized spacial score (nSPS) is 29.2. The monoisotopic (exact) mass is 226 g/mol. The van der Waals surface area contributed by atoms with Crippen LogP contribution in [0.4, 0.5) is 0 Å². The molecule has 0 spiro atoms. The van der Waals surface area contributed by atoms with Crippen LogP contribution in [-0.2, 0) is 0 Å². The summed E-state index contributed by atoms with van der Waals surface area (Å²) in [7, 11) is 0. The fourth-order valence-corrected chi connectivity index (χ4v) is 2.78. The van der Waals surface area contributed by atoms with Crippen molar-refractivity contribution in [3.63, 3.8) is 0 Å². The lowest BCUT2D eigenvalue weighted by atomic mass is 9.96. The van der Waals surface area contributed by atoms with E-state index < -0.39 is 0 Å². The molecule has 0 aliphatic carbocycles. The molecule has 1 aliphatic rings. The molecule has 96 valence electrons. The molecule has 2 nitrogen and oxygen atoms in total. The van der Waals surface area contributed by atoms with E-state index in [2.05, 4.69) is 37.9 Å². The van der Waals surface area contributed by atoms with Crippen molar-refractivity contribution in [2.75, 3.05) is 13.1 Å². The molecular formula is C14H30N2. The summed E-state index contributed by atoms with van der Waals surface area (Å²) in [5, 5.41) is 3.67. The van der Waals surface area contributed by atoms with Crippen LogP contribution in [0.3, 0.4) is 0 Å². The van der Waals surface area contributed by atoms with E-state index in [0.29, 0.717) is 6.04 Å². The van der Waals surface area contributed by atoms with E-state index in [0.717, 1.165) is 18.6 Å². The molecule has 0 amide bonds. The minimum absolute atomic E-state index is 0.683. The van der Waals surface area contributed by atoms with E-state index >= 15 is 0 Å². The van der Waals surface area contributed by atoms with Crippen molar-refractivity contribution in [3.8, 4) is 0 Å². The van der Waals surface area contributed by atoms with Crippen LogP contribution in [0.5, 0.6) is 0 Å². The van der Waals surface area contributed by atoms with Crippen LogP contribution in [-0.4, -0.2) is 36.1 Å². The van der Waals surface area contributed by atoms with E-state index in [1.807, 2.05) is 0 Å². The van der Waals surface area contributed by atoms with Crippen molar-refractivity contribution < 1.29 is 0 Å². The number of hydrogen-bond acceptors (Lipinski definition) is 2. The third-order valence-electron chi connectivity index (χ3n) is 3.98. The van der Waals surface area contributed by atoms with Gasteiger partial charge in [0.25, 0.3) is 0 Å². The molecule has 1 rings (SSSR count). The maximum Gasteiger partial charge on any atom is 0.0192 e. The summed E-state index contributed by atoms with van der Waals surface area (Å²) in [6, 6.07) is 2.24. The standard InChI is InChI=1S/C14H30N2/c1-5-10-15-14(6-2)11-16-12(3)8-7-9-13(16)4/h12-15H,5-11H2,1-4H3. The second-order valence-corrected chi connectivity index (χ2v) is 5.39. The van der Waals surface area contributed by atoms with Gasteiger partial charge >= 0.3 is 0 Å². The molecule has 1 fully saturated rings. The molecule has 1 heterocycles. The molecule has 16 heavy (non-hydrogen) atoms. The van der Waals surface area contributed by atoms with Gasteiger partial charge < -0.3 is 5.32 Å². The number of rotatable bonds is 6. The first-order valence-electron chi connectivity index (χ1n) is 7.18. The molecule has 3 atom stereocenters. The Bertz CT molecular complexity index is 172. The Balaban J connectivity index is 2.41. The second kappa shape index (κ2) is 7.29. The van der Waals surface area contributed by atoms with E-state index in [-0.39, 0.29) is 0 Å². The molecule has 1 aliphatic heterocycles. The topological polar surface area (TPSA) is 15.3 Å². The SMILES string of the molecule is CCCNC(CC)CN1C(C)CCCC1C. The smallest absolute Gasteiger partial charge is 0.0192 e. The molecule has 0 radical (unpaired) electrons. The summed E-state index contributed by atoms with van der Waals surface area (Å²) in [4.78, 5) is 2.71. The van der Waals surface area contributed by atoms with Crippen molar-refractivity contribution >= 4 is 0 Å². The van der Waals surface area contributed by atoms with Crippen LogP contribution >= 0.6 is 0 Å². The molecule has 2 heteroatoms. The third kappa shape index (κ3) is 4.06. The predicted octanol–water partition coefficient (Wildman–Crippen LogP) is 3.03. The van der Waals surface area contributed by atoms with Gasteiger partial charge in [-0.15, -0.1) is 0 Å². The van der Waals surface area contributed by atoms with E-state index in [1.165, 1.54) is 38.6 Å². The zero-order valence-corrected chi connectivity index (χ0v) is 11.6. The van der Waals surface area contributed by atoms with Gasteiger partial charge in [-0.25, -0.2) is 0 Å². The lowest BCUT2D eigenvalue weighted by Crippen LogP contribution is -2.50. The lowest BCUT2D eigenvalue weighted by molar-refractivity contribution is 0.0902. The maximum absolute atomic E-state index is 3.67. The van der Waals surface area contributed by atoms with Gasteiger partial charge in [0, 0.05) is 24.7 Å². The summed E-state index contributed by atoms with van der Waals surface area (Å²) < 4.78 is 0. The zero-order valence-electron chi connectivity index (χ0n) is 11.6. The van der Waals surface area contributed by atoms with Crippen LogP contribution in [0.2, 0.25) is 0 Å². The molecule has 0 aromatic carbocycles. The van der Waals surface area contributed by atoms with Crippen molar-refractivity contribution in [3.05, 3.63) is 0 Å². The average molecular weight is 226 g/mol. The molecule has 3 unspecified atom stereocenters. The van der Waals surface area contributed by atoms with Crippen molar-refractivity contribution in [2.24, 2.45) is 0 Å². The Labute approximate surface area is 102 Å². The Morgan fingerprint density at radius 1 is 1.19 bits per heavy atom. The van der Waals surface area contributed by atoms with Gasteiger partial charge in [-0.2, -0.15) is 0 Å². The van der Waals surface area contributed by atoms with E-state index in [1.54, 1.807) is 0 Å². The Morgan fingerprint density at radius 3 is 2.31 bits per heavy atom. The highest BCUT2D eigenvalue weighted by Gasteiger charge is 2.26. The Hall–Kier alpha value is -0.0800. The van der Waals surface area contributed by atoms with Crippen LogP contribution < -0.4 is 5.32 Å². The number of nitrogens with zero attached hydrogens (tertiary/aromatic N) is 1. The van der Waals surface area contributed by atoms with Crippen LogP contribution in [0.1, 0.15) is 59.8 Å². The van der Waals surface area contributed by atoms with Crippen molar-refractivity contribution in [1.29, 1.82) is 0 Å². The summed E-state index contributed by atoms with van der Waals surface area (Å²) >= 11 is 0. The second-order valence-electron chi connectivity index (χ2n) is 5.39. The lowest BCUT2D eigenvalue weighted by Gasteiger charge is -2.41. The van der Waals surface area contributed by atoms with Crippen LogP contribution in [0, 0.1) is 0 Å². The first-order valence-corrected chi connectivity index (χ1v) is 7.18. The molecule has 0 aromatic rings. The first-order chi connectivity index (χ1) is 7.69. The van der Waals surface area contributed by atoms with E-state index in [4.69, 9.17) is 0 Å². The molecule has 0 bridgehead atoms. The van der Waals surface area contributed by atoms with Gasteiger partial charge in [0.15, 0.2) is 0 Å². The zero-order chi connectivity index (χ0) is 12.0. The number of nitrogens with one attached hydrogen (secondary N) is 1. The highest BCUT2D eigenvalue weighted by atomic mass is 15.2. The average Bonchev–Trinajstić information content (AvgIpc) is 2.28. The quantitative estimate of drug-likeness (QED) is 0.749. The fraction of sp³-hybridized carbons (Fsp3) is 1.00. The van der Waals surface area contributed by atoms with Gasteiger partial charge in [0.2, 0.25) is 0 Å². The van der Waals surface area contributed by atoms with Gasteiger partial charge in [0.1, 0.15) is 0 Å². The Kier molecular flexibility index (Phi) is 6.37. The molecule has 0 saturated carbocycles. The van der Waals surface area contributed by atoms with Crippen LogP contribution in [0.25, 0.3) is 0 Å². The highest BCUT2D eigenvalue weighted by molar-refractivity contribution is 4.83. The van der Waals surface area contributed by atoms with Gasteiger partial charge in [0.05, 0.1) is 0 Å². The third-order valence-corrected chi connectivity index (χ3v) is 3.98. The summed E-state index contributed by atoms with van der Waals surface area (Å²) in [6.45, 7) is 11.7. The van der Waals surface area contributed by atoms with Gasteiger partial charge in [-0.1, -0.05) is 20.3 Å². The summed E-state index contributed by atoms with van der Waals surface area (Å²) in [5.41, 5.74) is 0. The minimum Gasteiger partial charge on any atom is -0.313 e. The van der Waals surface area contributed by atoms with E-state index in [9.17, 15) is 0 Å². The fourth-order valence-electron chi connectivity index (χ4n) is 2.78. The number of piperidine rings is 1. The number of hydrogen-bond donors (Lipinski definition) is 1. The van der Waals surface area contributed by atoms with Gasteiger partial charge in [-0.3, -0.25) is 4.90 Å². The first kappa shape index (κ1) is 14.0. The largest absolute Gasteiger partial charge is 0.313 e. The molecule has 1 saturated heterocycles. The van der Waals surface area contributed by atoms with Gasteiger partial charge in [-0.05, 0) is 46.1 Å². The van der Waals surface area contributed by atoms with Crippen molar-refractivity contribution in [1.82, 2.24) is 10.2 Å². The Morgan fingerprint density at radius 2 is 1.81 bits per heavy atom. The maximum atomic E-state index is 3.67. The molecule has 1 N–H and O–H groups in total. The summed E-state index contributed by atoms with van der Waals surface area (Å²) in [6.07, 6.45) is 6.67. The van der Waals surface area contributed by atoms with Crippen LogP contribution in [0.15, 0.2) is 0 Å². The minimum atomic E-state index is 0.683. The molecular weight excluding hydrogens is 196 g/mol.